The number of hydrogen-bond donors (Lipinski definition) is 1. The van der Waals surface area contributed by atoms with Crippen LogP contribution in [0.4, 0.5) is 0 Å². The Hall–Kier alpha value is -0.870. The minimum atomic E-state index is 0.522. The highest BCUT2D eigenvalue weighted by atomic mass is 32.1. The molecule has 0 saturated carbocycles. The molecule has 0 amide bonds. The van der Waals surface area contributed by atoms with Gasteiger partial charge in [0.1, 0.15) is 6.61 Å². The Morgan fingerprint density at radius 3 is 2.47 bits per heavy atom. The summed E-state index contributed by atoms with van der Waals surface area (Å²) in [4.78, 5) is 0. The van der Waals surface area contributed by atoms with Crippen LogP contribution in [0.5, 0.6) is 11.5 Å². The highest BCUT2D eigenvalue weighted by Gasteiger charge is 2.01. The van der Waals surface area contributed by atoms with Gasteiger partial charge in [0, 0.05) is 5.75 Å². The van der Waals surface area contributed by atoms with Crippen molar-refractivity contribution in [3.05, 3.63) is 24.3 Å². The average Bonchev–Trinajstić information content (AvgIpc) is 2.29. The second kappa shape index (κ2) is 7.43. The van der Waals surface area contributed by atoms with Crippen molar-refractivity contribution in [1.82, 2.24) is 0 Å². The van der Waals surface area contributed by atoms with Crippen LogP contribution in [0, 0.1) is 0 Å². The van der Waals surface area contributed by atoms with Gasteiger partial charge < -0.3 is 14.2 Å². The third-order valence-electron chi connectivity index (χ3n) is 1.79. The Labute approximate surface area is 95.8 Å². The Kier molecular flexibility index (Phi) is 6.04. The molecular weight excluding hydrogens is 212 g/mol. The maximum Gasteiger partial charge on any atom is 0.161 e. The Morgan fingerprint density at radius 2 is 1.80 bits per heavy atom. The summed E-state index contributed by atoms with van der Waals surface area (Å²) in [7, 11) is 1.62. The molecule has 0 aliphatic carbocycles. The molecule has 15 heavy (non-hydrogen) atoms. The predicted molar refractivity (Wildman–Crippen MR) is 63.2 cm³/mol. The number of para-hydroxylation sites is 2. The zero-order chi connectivity index (χ0) is 10.9. The van der Waals surface area contributed by atoms with Crippen LogP contribution in [0.15, 0.2) is 24.3 Å². The first-order valence-electron chi connectivity index (χ1n) is 4.83. The number of ether oxygens (including phenoxy) is 3. The normalized spacial score (nSPS) is 10.0. The first-order chi connectivity index (χ1) is 7.38. The molecule has 1 aromatic rings. The van der Waals surface area contributed by atoms with Crippen molar-refractivity contribution in [2.24, 2.45) is 0 Å². The molecule has 0 N–H and O–H groups in total. The summed E-state index contributed by atoms with van der Waals surface area (Å²) < 4.78 is 15.9. The van der Waals surface area contributed by atoms with Gasteiger partial charge in [-0.3, -0.25) is 0 Å². The lowest BCUT2D eigenvalue weighted by atomic mass is 10.3. The van der Waals surface area contributed by atoms with E-state index in [-0.39, 0.29) is 0 Å². The number of methoxy groups -OCH3 is 1. The van der Waals surface area contributed by atoms with Crippen LogP contribution in [0.2, 0.25) is 0 Å². The fourth-order valence-electron chi connectivity index (χ4n) is 1.12. The number of hydrogen-bond acceptors (Lipinski definition) is 4. The van der Waals surface area contributed by atoms with Crippen molar-refractivity contribution in [2.75, 3.05) is 32.7 Å². The van der Waals surface area contributed by atoms with Crippen molar-refractivity contribution in [3.8, 4) is 11.5 Å². The van der Waals surface area contributed by atoms with Gasteiger partial charge >= 0.3 is 0 Å². The van der Waals surface area contributed by atoms with Crippen LogP contribution >= 0.6 is 12.6 Å². The van der Waals surface area contributed by atoms with Crippen molar-refractivity contribution in [2.45, 2.75) is 0 Å². The van der Waals surface area contributed by atoms with Crippen LogP contribution in [0.3, 0.4) is 0 Å². The number of benzene rings is 1. The molecule has 3 nitrogen and oxygen atoms in total. The molecule has 1 aromatic carbocycles. The molecule has 0 saturated heterocycles. The molecule has 0 heterocycles. The van der Waals surface area contributed by atoms with E-state index in [1.807, 2.05) is 24.3 Å². The van der Waals surface area contributed by atoms with Crippen LogP contribution < -0.4 is 9.47 Å². The van der Waals surface area contributed by atoms with Gasteiger partial charge in [0.05, 0.1) is 20.3 Å². The Morgan fingerprint density at radius 1 is 1.07 bits per heavy atom. The highest BCUT2D eigenvalue weighted by molar-refractivity contribution is 7.80. The second-order valence-electron chi connectivity index (χ2n) is 2.84. The molecular formula is C11H16O3S. The van der Waals surface area contributed by atoms with Gasteiger partial charge in [-0.25, -0.2) is 0 Å². The molecule has 4 heteroatoms. The van der Waals surface area contributed by atoms with E-state index < -0.39 is 0 Å². The lowest BCUT2D eigenvalue weighted by Crippen LogP contribution is -2.08. The van der Waals surface area contributed by atoms with Gasteiger partial charge in [-0.2, -0.15) is 12.6 Å². The third-order valence-corrected chi connectivity index (χ3v) is 1.97. The fraction of sp³-hybridized carbons (Fsp3) is 0.455. The molecule has 1 rings (SSSR count). The van der Waals surface area contributed by atoms with Gasteiger partial charge in [0.25, 0.3) is 0 Å². The second-order valence-corrected chi connectivity index (χ2v) is 3.28. The topological polar surface area (TPSA) is 27.7 Å². The van der Waals surface area contributed by atoms with Gasteiger partial charge in [-0.15, -0.1) is 0 Å². The summed E-state index contributed by atoms with van der Waals surface area (Å²) in [6.07, 6.45) is 0. The molecule has 0 aromatic heterocycles. The van der Waals surface area contributed by atoms with E-state index >= 15 is 0 Å². The summed E-state index contributed by atoms with van der Waals surface area (Å²) in [6, 6.07) is 7.55. The summed E-state index contributed by atoms with van der Waals surface area (Å²) in [6.45, 7) is 1.74. The van der Waals surface area contributed by atoms with Crippen LogP contribution in [-0.4, -0.2) is 32.7 Å². The average molecular weight is 228 g/mol. The third kappa shape index (κ3) is 4.44. The van der Waals surface area contributed by atoms with Crippen LogP contribution in [0.1, 0.15) is 0 Å². The van der Waals surface area contributed by atoms with Crippen LogP contribution in [-0.2, 0) is 4.74 Å². The molecule has 0 aliphatic heterocycles. The SMILES string of the molecule is COc1ccccc1OCCOCCS. The standard InChI is InChI=1S/C11H16O3S/c1-12-10-4-2-3-5-11(10)14-7-6-13-8-9-15/h2-5,15H,6-9H2,1H3. The minimum absolute atomic E-state index is 0.522. The molecule has 0 radical (unpaired) electrons. The van der Waals surface area contributed by atoms with Crippen molar-refractivity contribution in [3.63, 3.8) is 0 Å². The first kappa shape index (κ1) is 12.2. The summed E-state index contributed by atoms with van der Waals surface area (Å²) >= 11 is 4.04. The van der Waals surface area contributed by atoms with Crippen molar-refractivity contribution < 1.29 is 14.2 Å². The maximum atomic E-state index is 5.50. The quantitative estimate of drug-likeness (QED) is 0.571. The highest BCUT2D eigenvalue weighted by Crippen LogP contribution is 2.25. The minimum Gasteiger partial charge on any atom is -0.493 e. The van der Waals surface area contributed by atoms with Gasteiger partial charge in [-0.1, -0.05) is 12.1 Å². The Bertz CT molecular complexity index is 278. The van der Waals surface area contributed by atoms with E-state index in [4.69, 9.17) is 14.2 Å². The molecule has 0 spiro atoms. The molecule has 0 atom stereocenters. The molecule has 0 bridgehead atoms. The monoisotopic (exact) mass is 228 g/mol. The lowest BCUT2D eigenvalue weighted by molar-refractivity contribution is 0.111. The van der Waals surface area contributed by atoms with E-state index in [1.165, 1.54) is 0 Å². The van der Waals surface area contributed by atoms with Crippen LogP contribution in [0.25, 0.3) is 0 Å². The molecule has 84 valence electrons. The molecule has 0 aliphatic rings. The Balaban J connectivity index is 2.30. The zero-order valence-electron chi connectivity index (χ0n) is 8.81. The van der Waals surface area contributed by atoms with Crippen molar-refractivity contribution in [1.29, 1.82) is 0 Å². The number of thiol groups is 1. The first-order valence-corrected chi connectivity index (χ1v) is 5.46. The van der Waals surface area contributed by atoms with E-state index in [1.54, 1.807) is 7.11 Å². The predicted octanol–water partition coefficient (Wildman–Crippen LogP) is 2.02. The summed E-state index contributed by atoms with van der Waals surface area (Å²) in [5.74, 6) is 2.22. The smallest absolute Gasteiger partial charge is 0.161 e. The van der Waals surface area contributed by atoms with E-state index in [0.29, 0.717) is 19.8 Å². The largest absolute Gasteiger partial charge is 0.493 e. The lowest BCUT2D eigenvalue weighted by Gasteiger charge is -2.09. The van der Waals surface area contributed by atoms with E-state index in [0.717, 1.165) is 17.3 Å². The molecule has 0 unspecified atom stereocenters. The fourth-order valence-corrected chi connectivity index (χ4v) is 1.24. The zero-order valence-corrected chi connectivity index (χ0v) is 9.70. The van der Waals surface area contributed by atoms with Crippen molar-refractivity contribution >= 4 is 12.6 Å². The van der Waals surface area contributed by atoms with Gasteiger partial charge in [0.2, 0.25) is 0 Å². The number of rotatable bonds is 7. The summed E-state index contributed by atoms with van der Waals surface area (Å²) in [5.41, 5.74) is 0. The van der Waals surface area contributed by atoms with Gasteiger partial charge in [0.15, 0.2) is 11.5 Å². The maximum absolute atomic E-state index is 5.50. The summed E-state index contributed by atoms with van der Waals surface area (Å²) in [5, 5.41) is 0. The molecule has 0 fully saturated rings. The van der Waals surface area contributed by atoms with Gasteiger partial charge in [-0.05, 0) is 12.1 Å². The van der Waals surface area contributed by atoms with E-state index in [2.05, 4.69) is 12.6 Å². The van der Waals surface area contributed by atoms with E-state index in [9.17, 15) is 0 Å².